The van der Waals surface area contributed by atoms with Gasteiger partial charge >= 0.3 is 0 Å². The first-order chi connectivity index (χ1) is 9.47. The molecule has 3 N–H and O–H groups in total. The summed E-state index contributed by atoms with van der Waals surface area (Å²) in [6.45, 7) is 6.46. The second kappa shape index (κ2) is 5.67. The van der Waals surface area contributed by atoms with E-state index in [9.17, 15) is 9.90 Å². The maximum atomic E-state index is 12.7. The first-order valence-electron chi connectivity index (χ1n) is 6.90. The van der Waals surface area contributed by atoms with Crippen LogP contribution in [0, 0.1) is 13.8 Å². The second-order valence-corrected chi connectivity index (χ2v) is 5.44. The van der Waals surface area contributed by atoms with Crippen LogP contribution in [0.5, 0.6) is 0 Å². The van der Waals surface area contributed by atoms with Crippen molar-refractivity contribution in [1.29, 1.82) is 0 Å². The van der Waals surface area contributed by atoms with Crippen molar-refractivity contribution >= 4 is 11.6 Å². The van der Waals surface area contributed by atoms with Crippen LogP contribution in [-0.2, 0) is 0 Å². The minimum absolute atomic E-state index is 0.0200. The number of aryl methyl sites for hydroxylation is 2. The van der Waals surface area contributed by atoms with Crippen molar-refractivity contribution < 1.29 is 9.90 Å². The zero-order valence-electron chi connectivity index (χ0n) is 12.3. The van der Waals surface area contributed by atoms with E-state index in [0.717, 1.165) is 17.5 Å². The molecule has 1 amide bonds. The molecule has 1 fully saturated rings. The van der Waals surface area contributed by atoms with Crippen molar-refractivity contribution in [1.82, 2.24) is 4.90 Å². The molecule has 108 valence electrons. The smallest absolute Gasteiger partial charge is 0.256 e. The molecular weight excluding hydrogens is 252 g/mol. The summed E-state index contributed by atoms with van der Waals surface area (Å²) in [6.07, 6.45) is 2.75. The Morgan fingerprint density at radius 1 is 1.45 bits per heavy atom. The van der Waals surface area contributed by atoms with E-state index in [1.807, 2.05) is 39.0 Å². The van der Waals surface area contributed by atoms with E-state index in [0.29, 0.717) is 17.8 Å². The molecule has 0 radical (unpaired) electrons. The summed E-state index contributed by atoms with van der Waals surface area (Å²) in [6, 6.07) is 3.54. The Kier molecular flexibility index (Phi) is 4.14. The van der Waals surface area contributed by atoms with Crippen molar-refractivity contribution in [2.45, 2.75) is 33.2 Å². The van der Waals surface area contributed by atoms with Gasteiger partial charge in [0.2, 0.25) is 0 Å². The third-order valence-corrected chi connectivity index (χ3v) is 4.09. The molecule has 1 heterocycles. The number of nitrogen functional groups attached to an aromatic ring is 1. The zero-order chi connectivity index (χ0) is 14.9. The molecule has 0 saturated carbocycles. The molecule has 1 aliphatic heterocycles. The molecule has 1 aliphatic rings. The van der Waals surface area contributed by atoms with E-state index in [2.05, 4.69) is 0 Å². The van der Waals surface area contributed by atoms with Gasteiger partial charge in [0.25, 0.3) is 5.91 Å². The summed E-state index contributed by atoms with van der Waals surface area (Å²) in [7, 11) is 0. The summed E-state index contributed by atoms with van der Waals surface area (Å²) in [5.74, 6) is -0.0958. The fraction of sp³-hybridized carbons (Fsp3) is 0.438. The predicted molar refractivity (Wildman–Crippen MR) is 80.6 cm³/mol. The number of anilines is 1. The summed E-state index contributed by atoms with van der Waals surface area (Å²) in [4.78, 5) is 14.4. The Hall–Kier alpha value is -1.81. The van der Waals surface area contributed by atoms with Crippen LogP contribution in [-0.4, -0.2) is 35.1 Å². The Balaban J connectivity index is 2.34. The third-order valence-electron chi connectivity index (χ3n) is 4.09. The maximum absolute atomic E-state index is 12.7. The molecule has 2 rings (SSSR count). The minimum Gasteiger partial charge on any atom is -0.398 e. The van der Waals surface area contributed by atoms with Crippen LogP contribution in [0.1, 0.15) is 34.8 Å². The first-order valence-corrected chi connectivity index (χ1v) is 6.90. The topological polar surface area (TPSA) is 66.6 Å². The van der Waals surface area contributed by atoms with Crippen molar-refractivity contribution in [2.24, 2.45) is 0 Å². The number of aliphatic hydroxyl groups excluding tert-OH is 1. The van der Waals surface area contributed by atoms with E-state index >= 15 is 0 Å². The number of nitrogens with zero attached hydrogens (tertiary/aromatic N) is 1. The van der Waals surface area contributed by atoms with Gasteiger partial charge in [-0.05, 0) is 50.5 Å². The van der Waals surface area contributed by atoms with Crippen LogP contribution in [0.4, 0.5) is 5.69 Å². The predicted octanol–water partition coefficient (Wildman–Crippen LogP) is 2.04. The minimum atomic E-state index is -0.144. The highest BCUT2D eigenvalue weighted by Crippen LogP contribution is 2.27. The molecule has 1 aromatic carbocycles. The highest BCUT2D eigenvalue weighted by molar-refractivity contribution is 6.00. The maximum Gasteiger partial charge on any atom is 0.256 e. The molecule has 1 aromatic rings. The van der Waals surface area contributed by atoms with E-state index in [1.165, 1.54) is 5.57 Å². The van der Waals surface area contributed by atoms with Crippen LogP contribution in [0.2, 0.25) is 0 Å². The zero-order valence-corrected chi connectivity index (χ0v) is 12.3. The van der Waals surface area contributed by atoms with Crippen LogP contribution >= 0.6 is 0 Å². The van der Waals surface area contributed by atoms with E-state index < -0.39 is 0 Å². The lowest BCUT2D eigenvalue weighted by atomic mass is 10.0. The first kappa shape index (κ1) is 14.6. The van der Waals surface area contributed by atoms with Crippen molar-refractivity contribution in [2.75, 3.05) is 18.9 Å². The van der Waals surface area contributed by atoms with Crippen molar-refractivity contribution in [3.05, 3.63) is 40.5 Å². The number of benzene rings is 1. The van der Waals surface area contributed by atoms with Gasteiger partial charge in [0.15, 0.2) is 0 Å². The lowest BCUT2D eigenvalue weighted by Gasteiger charge is -2.23. The average molecular weight is 274 g/mol. The lowest BCUT2D eigenvalue weighted by molar-refractivity contribution is 0.0680. The van der Waals surface area contributed by atoms with Gasteiger partial charge in [0.05, 0.1) is 18.2 Å². The highest BCUT2D eigenvalue weighted by Gasteiger charge is 2.32. The molecule has 0 unspecified atom stereocenters. The quantitative estimate of drug-likeness (QED) is 0.640. The van der Waals surface area contributed by atoms with Gasteiger partial charge in [-0.1, -0.05) is 11.6 Å². The molecular formula is C16H22N2O2. The SMILES string of the molecule is CC=C1C[C@@H](CO)N(C(=O)c2cc(C)c(C)cc2N)C1. The van der Waals surface area contributed by atoms with Gasteiger partial charge in [0, 0.05) is 12.2 Å². The van der Waals surface area contributed by atoms with Gasteiger partial charge in [-0.25, -0.2) is 0 Å². The Morgan fingerprint density at radius 2 is 2.10 bits per heavy atom. The van der Waals surface area contributed by atoms with E-state index in [-0.39, 0.29) is 18.6 Å². The fourth-order valence-corrected chi connectivity index (χ4v) is 2.61. The van der Waals surface area contributed by atoms with Gasteiger partial charge in [-0.2, -0.15) is 0 Å². The number of amides is 1. The lowest BCUT2D eigenvalue weighted by Crippen LogP contribution is -2.38. The number of carbonyl (C=O) groups is 1. The van der Waals surface area contributed by atoms with Crippen molar-refractivity contribution in [3.8, 4) is 0 Å². The summed E-state index contributed by atoms with van der Waals surface area (Å²) in [5, 5.41) is 9.46. The molecule has 0 spiro atoms. The Bertz CT molecular complexity index is 564. The van der Waals surface area contributed by atoms with Crippen LogP contribution in [0.15, 0.2) is 23.8 Å². The van der Waals surface area contributed by atoms with Gasteiger partial charge < -0.3 is 15.7 Å². The highest BCUT2D eigenvalue weighted by atomic mass is 16.3. The summed E-state index contributed by atoms with van der Waals surface area (Å²) >= 11 is 0. The number of likely N-dealkylation sites (tertiary alicyclic amines) is 1. The molecule has 0 aromatic heterocycles. The van der Waals surface area contributed by atoms with E-state index in [1.54, 1.807) is 4.90 Å². The number of rotatable bonds is 2. The molecule has 1 saturated heterocycles. The average Bonchev–Trinajstić information content (AvgIpc) is 2.85. The second-order valence-electron chi connectivity index (χ2n) is 5.44. The largest absolute Gasteiger partial charge is 0.398 e. The number of aliphatic hydroxyl groups is 1. The number of hydrogen-bond acceptors (Lipinski definition) is 3. The van der Waals surface area contributed by atoms with Gasteiger partial charge in [-0.3, -0.25) is 4.79 Å². The summed E-state index contributed by atoms with van der Waals surface area (Å²) in [5.41, 5.74) is 10.3. The third kappa shape index (κ3) is 2.56. The van der Waals surface area contributed by atoms with E-state index in [4.69, 9.17) is 5.73 Å². The van der Waals surface area contributed by atoms with Gasteiger partial charge in [-0.15, -0.1) is 0 Å². The molecule has 20 heavy (non-hydrogen) atoms. The molecule has 4 heteroatoms. The molecule has 0 aliphatic carbocycles. The van der Waals surface area contributed by atoms with Crippen LogP contribution in [0.25, 0.3) is 0 Å². The summed E-state index contributed by atoms with van der Waals surface area (Å²) < 4.78 is 0. The number of nitrogens with two attached hydrogens (primary N) is 1. The standard InChI is InChI=1S/C16H22N2O2/c1-4-12-7-13(9-19)18(8-12)16(20)14-5-10(2)11(3)6-15(14)17/h4-6,13,19H,7-9,17H2,1-3H3/t13-/m0/s1. The molecule has 0 bridgehead atoms. The Morgan fingerprint density at radius 3 is 2.70 bits per heavy atom. The normalized spacial score (nSPS) is 20.7. The molecule has 1 atom stereocenters. The van der Waals surface area contributed by atoms with Crippen LogP contribution < -0.4 is 5.73 Å². The molecule has 4 nitrogen and oxygen atoms in total. The van der Waals surface area contributed by atoms with Crippen molar-refractivity contribution in [3.63, 3.8) is 0 Å². The number of carbonyl (C=O) groups excluding carboxylic acids is 1. The van der Waals surface area contributed by atoms with Gasteiger partial charge in [0.1, 0.15) is 0 Å². The fourth-order valence-electron chi connectivity index (χ4n) is 2.61. The number of hydrogen-bond donors (Lipinski definition) is 2. The van der Waals surface area contributed by atoms with Crippen LogP contribution in [0.3, 0.4) is 0 Å². The Labute approximate surface area is 119 Å². The number of allylic oxidation sites excluding steroid dienone is 1. The monoisotopic (exact) mass is 274 g/mol.